The molecule has 18 heavy (non-hydrogen) atoms. The van der Waals surface area contributed by atoms with E-state index in [1.165, 1.54) is 7.11 Å². The van der Waals surface area contributed by atoms with E-state index in [0.29, 0.717) is 28.8 Å². The smallest absolute Gasteiger partial charge is 0.303 e. The van der Waals surface area contributed by atoms with Gasteiger partial charge in [0.1, 0.15) is 5.75 Å². The van der Waals surface area contributed by atoms with E-state index < -0.39 is 5.97 Å². The van der Waals surface area contributed by atoms with Crippen molar-refractivity contribution < 1.29 is 19.4 Å². The Hall–Kier alpha value is -1.56. The average molecular weight is 316 g/mol. The number of carboxylic acids is 1. The summed E-state index contributed by atoms with van der Waals surface area (Å²) in [6.45, 7) is 0.328. The molecule has 1 rings (SSSR count). The van der Waals surface area contributed by atoms with Crippen LogP contribution in [0.1, 0.15) is 23.2 Å². The van der Waals surface area contributed by atoms with Gasteiger partial charge in [0.25, 0.3) is 5.91 Å². The second kappa shape index (κ2) is 7.00. The van der Waals surface area contributed by atoms with Gasteiger partial charge in [0.2, 0.25) is 0 Å². The van der Waals surface area contributed by atoms with Gasteiger partial charge in [-0.2, -0.15) is 0 Å². The Morgan fingerprint density at radius 2 is 2.17 bits per heavy atom. The fraction of sp³-hybridized carbons (Fsp3) is 0.333. The molecule has 0 atom stereocenters. The molecule has 0 radical (unpaired) electrons. The van der Waals surface area contributed by atoms with Crippen LogP contribution in [0.15, 0.2) is 22.7 Å². The Balaban J connectivity index is 2.58. The molecule has 5 nitrogen and oxygen atoms in total. The van der Waals surface area contributed by atoms with Crippen molar-refractivity contribution in [2.24, 2.45) is 0 Å². The maximum Gasteiger partial charge on any atom is 0.303 e. The Morgan fingerprint density at radius 1 is 1.44 bits per heavy atom. The third-order valence-corrected chi connectivity index (χ3v) is 2.96. The van der Waals surface area contributed by atoms with Crippen LogP contribution in [0.2, 0.25) is 0 Å². The van der Waals surface area contributed by atoms with Gasteiger partial charge in [-0.1, -0.05) is 0 Å². The highest BCUT2D eigenvalue weighted by Gasteiger charge is 2.10. The Kier molecular flexibility index (Phi) is 5.64. The first-order valence-corrected chi connectivity index (χ1v) is 6.17. The number of amides is 1. The van der Waals surface area contributed by atoms with Gasteiger partial charge in [0.05, 0.1) is 12.7 Å². The topological polar surface area (TPSA) is 75.6 Å². The zero-order valence-electron chi connectivity index (χ0n) is 9.90. The first-order chi connectivity index (χ1) is 8.54. The number of carboxylic acid groups (broad SMARTS) is 1. The van der Waals surface area contributed by atoms with E-state index in [1.807, 2.05) is 0 Å². The minimum atomic E-state index is -0.869. The predicted octanol–water partition coefficient (Wildman–Crippen LogP) is 2.05. The third-order valence-electron chi connectivity index (χ3n) is 2.27. The molecular formula is C12H14BrNO4. The quantitative estimate of drug-likeness (QED) is 0.788. The molecule has 0 aromatic heterocycles. The zero-order valence-corrected chi connectivity index (χ0v) is 11.5. The van der Waals surface area contributed by atoms with Crippen LogP contribution in [0.25, 0.3) is 0 Å². The minimum Gasteiger partial charge on any atom is -0.497 e. The fourth-order valence-electron chi connectivity index (χ4n) is 1.34. The molecule has 0 bridgehead atoms. The molecule has 0 fully saturated rings. The average Bonchev–Trinajstić information content (AvgIpc) is 2.34. The van der Waals surface area contributed by atoms with E-state index >= 15 is 0 Å². The van der Waals surface area contributed by atoms with Crippen molar-refractivity contribution in [2.75, 3.05) is 13.7 Å². The van der Waals surface area contributed by atoms with Crippen LogP contribution in [0.5, 0.6) is 5.75 Å². The Bertz CT molecular complexity index is 448. The molecule has 1 aromatic carbocycles. The number of ether oxygens (including phenoxy) is 1. The zero-order chi connectivity index (χ0) is 13.5. The first kappa shape index (κ1) is 14.5. The minimum absolute atomic E-state index is 0.0412. The van der Waals surface area contributed by atoms with Gasteiger partial charge < -0.3 is 15.2 Å². The van der Waals surface area contributed by atoms with Crippen molar-refractivity contribution in [2.45, 2.75) is 12.8 Å². The number of hydrogen-bond donors (Lipinski definition) is 2. The van der Waals surface area contributed by atoms with E-state index in [-0.39, 0.29) is 12.3 Å². The molecule has 0 unspecified atom stereocenters. The van der Waals surface area contributed by atoms with Gasteiger partial charge in [-0.25, -0.2) is 0 Å². The molecule has 0 heterocycles. The lowest BCUT2D eigenvalue weighted by atomic mass is 10.2. The molecule has 0 saturated carbocycles. The van der Waals surface area contributed by atoms with Crippen LogP contribution in [0.4, 0.5) is 0 Å². The molecule has 6 heteroatoms. The molecule has 98 valence electrons. The number of hydrogen-bond acceptors (Lipinski definition) is 3. The summed E-state index contributed by atoms with van der Waals surface area (Å²) >= 11 is 3.28. The van der Waals surface area contributed by atoms with Crippen molar-refractivity contribution in [1.82, 2.24) is 5.32 Å². The number of carbonyl (C=O) groups excluding carboxylic acids is 1. The molecule has 0 spiro atoms. The number of carbonyl (C=O) groups is 2. The van der Waals surface area contributed by atoms with Gasteiger partial charge in [0, 0.05) is 17.4 Å². The highest BCUT2D eigenvalue weighted by molar-refractivity contribution is 9.10. The van der Waals surface area contributed by atoms with Gasteiger partial charge >= 0.3 is 5.97 Å². The fourth-order valence-corrected chi connectivity index (χ4v) is 1.77. The maximum atomic E-state index is 11.8. The highest BCUT2D eigenvalue weighted by Crippen LogP contribution is 2.22. The molecule has 1 aromatic rings. The van der Waals surface area contributed by atoms with Crippen LogP contribution in [0, 0.1) is 0 Å². The molecule has 0 saturated heterocycles. The van der Waals surface area contributed by atoms with E-state index in [2.05, 4.69) is 21.2 Å². The van der Waals surface area contributed by atoms with Crippen molar-refractivity contribution in [3.8, 4) is 5.75 Å². The van der Waals surface area contributed by atoms with Crippen LogP contribution in [-0.2, 0) is 4.79 Å². The Morgan fingerprint density at radius 3 is 2.78 bits per heavy atom. The summed E-state index contributed by atoms with van der Waals surface area (Å²) in [5, 5.41) is 11.1. The molecule has 2 N–H and O–H groups in total. The largest absolute Gasteiger partial charge is 0.497 e. The van der Waals surface area contributed by atoms with Crippen molar-refractivity contribution >= 4 is 27.8 Å². The number of rotatable bonds is 6. The second-order valence-corrected chi connectivity index (χ2v) is 4.45. The SMILES string of the molecule is COc1ccc(Br)c(C(=O)NCCCC(=O)O)c1. The molecule has 0 aliphatic carbocycles. The second-order valence-electron chi connectivity index (χ2n) is 3.60. The van der Waals surface area contributed by atoms with Crippen LogP contribution >= 0.6 is 15.9 Å². The molecule has 1 amide bonds. The van der Waals surface area contributed by atoms with Crippen LogP contribution < -0.4 is 10.1 Å². The summed E-state index contributed by atoms with van der Waals surface area (Å²) in [6.07, 6.45) is 0.447. The van der Waals surface area contributed by atoms with E-state index in [9.17, 15) is 9.59 Å². The summed E-state index contributed by atoms with van der Waals surface area (Å²) in [6, 6.07) is 5.09. The van der Waals surface area contributed by atoms with E-state index in [0.717, 1.165) is 0 Å². The number of halogens is 1. The number of aliphatic carboxylic acids is 1. The summed E-state index contributed by atoms with van der Waals surface area (Å²) < 4.78 is 5.70. The van der Waals surface area contributed by atoms with Gasteiger partial charge in [-0.15, -0.1) is 0 Å². The monoisotopic (exact) mass is 315 g/mol. The number of methoxy groups -OCH3 is 1. The lowest BCUT2D eigenvalue weighted by Gasteiger charge is -2.08. The summed E-state index contributed by atoms with van der Waals surface area (Å²) in [5.41, 5.74) is 0.463. The lowest BCUT2D eigenvalue weighted by molar-refractivity contribution is -0.137. The standard InChI is InChI=1S/C12H14BrNO4/c1-18-8-4-5-10(13)9(7-8)12(17)14-6-2-3-11(15)16/h4-5,7H,2-3,6H2,1H3,(H,14,17)(H,15,16). The summed E-state index contributed by atoms with van der Waals surface area (Å²) in [5.74, 6) is -0.535. The third kappa shape index (κ3) is 4.37. The Labute approximate surface area is 113 Å². The van der Waals surface area contributed by atoms with Gasteiger partial charge in [-0.05, 0) is 40.5 Å². The van der Waals surface area contributed by atoms with Crippen LogP contribution in [-0.4, -0.2) is 30.6 Å². The molecule has 0 aliphatic rings. The summed E-state index contributed by atoms with van der Waals surface area (Å²) in [4.78, 5) is 22.1. The number of benzene rings is 1. The lowest BCUT2D eigenvalue weighted by Crippen LogP contribution is -2.25. The predicted molar refractivity (Wildman–Crippen MR) is 69.9 cm³/mol. The number of nitrogens with one attached hydrogen (secondary N) is 1. The van der Waals surface area contributed by atoms with E-state index in [1.54, 1.807) is 18.2 Å². The van der Waals surface area contributed by atoms with Crippen molar-refractivity contribution in [3.05, 3.63) is 28.2 Å². The molecular weight excluding hydrogens is 302 g/mol. The van der Waals surface area contributed by atoms with E-state index in [4.69, 9.17) is 9.84 Å². The van der Waals surface area contributed by atoms with Crippen molar-refractivity contribution in [3.63, 3.8) is 0 Å². The maximum absolute atomic E-state index is 11.8. The molecule has 0 aliphatic heterocycles. The first-order valence-electron chi connectivity index (χ1n) is 5.38. The normalized spacial score (nSPS) is 9.89. The van der Waals surface area contributed by atoms with Crippen LogP contribution in [0.3, 0.4) is 0 Å². The van der Waals surface area contributed by atoms with Crippen molar-refractivity contribution in [1.29, 1.82) is 0 Å². The highest BCUT2D eigenvalue weighted by atomic mass is 79.9. The van der Waals surface area contributed by atoms with Gasteiger partial charge in [0.15, 0.2) is 0 Å². The summed E-state index contributed by atoms with van der Waals surface area (Å²) in [7, 11) is 1.53. The van der Waals surface area contributed by atoms with Gasteiger partial charge in [-0.3, -0.25) is 9.59 Å².